The predicted octanol–water partition coefficient (Wildman–Crippen LogP) is 3.87. The van der Waals surface area contributed by atoms with Crippen LogP contribution in [0, 0.1) is 15.9 Å². The van der Waals surface area contributed by atoms with Crippen LogP contribution in [0.4, 0.5) is 30.2 Å². The van der Waals surface area contributed by atoms with E-state index in [0.717, 1.165) is 18.2 Å². The normalized spacial score (nSPS) is 11.4. The van der Waals surface area contributed by atoms with Gasteiger partial charge in [0.05, 0.1) is 16.4 Å². The molecule has 0 aliphatic rings. The van der Waals surface area contributed by atoms with Gasteiger partial charge < -0.3 is 10.1 Å². The van der Waals surface area contributed by atoms with E-state index in [2.05, 4.69) is 5.32 Å². The number of rotatable bonds is 7. The number of nitrogens with zero attached hydrogens (tertiary/aromatic N) is 1. The maximum atomic E-state index is 13.8. The van der Waals surface area contributed by atoms with E-state index in [1.54, 1.807) is 6.92 Å². The lowest BCUT2D eigenvalue weighted by Crippen LogP contribution is -2.12. The van der Waals surface area contributed by atoms with Gasteiger partial charge >= 0.3 is 5.76 Å². The Morgan fingerprint density at radius 3 is 2.46 bits per heavy atom. The lowest BCUT2D eigenvalue weighted by atomic mass is 10.2. The number of hydrogen-bond donors (Lipinski definition) is 1. The van der Waals surface area contributed by atoms with Crippen molar-refractivity contribution >= 4 is 26.9 Å². The Morgan fingerprint density at radius 2 is 1.92 bits per heavy atom. The highest BCUT2D eigenvalue weighted by Gasteiger charge is 2.29. The van der Waals surface area contributed by atoms with Gasteiger partial charge in [0.25, 0.3) is 5.69 Å². The van der Waals surface area contributed by atoms with Gasteiger partial charge in [-0.05, 0) is 31.2 Å². The number of halogens is 3. The molecule has 0 spiro atoms. The third kappa shape index (κ3) is 4.04. The first-order valence-corrected chi connectivity index (χ1v) is 8.71. The van der Waals surface area contributed by atoms with Gasteiger partial charge in [-0.3, -0.25) is 10.1 Å². The Kier molecular flexibility index (Phi) is 5.70. The monoisotopic (exact) mass is 390 g/mol. The summed E-state index contributed by atoms with van der Waals surface area (Å²) in [5.41, 5.74) is -0.814. The minimum absolute atomic E-state index is 0.00840. The van der Waals surface area contributed by atoms with Crippen LogP contribution in [0.5, 0.6) is 5.75 Å². The van der Waals surface area contributed by atoms with Gasteiger partial charge in [0.1, 0.15) is 5.69 Å². The van der Waals surface area contributed by atoms with E-state index < -0.39 is 36.9 Å². The number of nitrogens with one attached hydrogen (secondary N) is 1. The average Bonchev–Trinajstić information content (AvgIpc) is 2.57. The number of nitro groups is 1. The van der Waals surface area contributed by atoms with E-state index >= 15 is 0 Å². The zero-order valence-corrected chi connectivity index (χ0v) is 14.1. The van der Waals surface area contributed by atoms with Gasteiger partial charge in [-0.1, -0.05) is 0 Å². The van der Waals surface area contributed by atoms with Crippen LogP contribution in [0.2, 0.25) is 0 Å². The molecule has 0 fully saturated rings. The first kappa shape index (κ1) is 19.5. The molecular weight excluding hydrogens is 377 g/mol. The highest BCUT2D eigenvalue weighted by Crippen LogP contribution is 2.32. The van der Waals surface area contributed by atoms with Crippen LogP contribution in [0.25, 0.3) is 0 Å². The summed E-state index contributed by atoms with van der Waals surface area (Å²) < 4.78 is 67.0. The molecule has 2 rings (SSSR count). The third-order valence-corrected chi connectivity index (χ3v) is 4.62. The maximum absolute atomic E-state index is 13.8. The summed E-state index contributed by atoms with van der Waals surface area (Å²) in [5.74, 6) is -4.43. The summed E-state index contributed by atoms with van der Waals surface area (Å²) in [6.45, 7) is 1.92. The fourth-order valence-electron chi connectivity index (χ4n) is 2.05. The van der Waals surface area contributed by atoms with Crippen molar-refractivity contribution in [3.8, 4) is 5.75 Å². The lowest BCUT2D eigenvalue weighted by Gasteiger charge is -2.11. The molecule has 0 heterocycles. The fourth-order valence-corrected chi connectivity index (χ4v) is 2.79. The van der Waals surface area contributed by atoms with Gasteiger partial charge in [-0.15, -0.1) is 0 Å². The highest BCUT2D eigenvalue weighted by atomic mass is 32.2. The van der Waals surface area contributed by atoms with Crippen molar-refractivity contribution in [1.82, 2.24) is 0 Å². The molecule has 0 radical (unpaired) electrons. The molecular formula is C15H13F3N2O5S. The molecule has 0 aliphatic carbocycles. The van der Waals surface area contributed by atoms with Gasteiger partial charge in [-0.2, -0.15) is 8.78 Å². The van der Waals surface area contributed by atoms with E-state index in [0.29, 0.717) is 6.07 Å². The average molecular weight is 390 g/mol. The van der Waals surface area contributed by atoms with Gasteiger partial charge in [0.2, 0.25) is 9.84 Å². The van der Waals surface area contributed by atoms with Crippen molar-refractivity contribution in [2.24, 2.45) is 0 Å². The van der Waals surface area contributed by atoms with Gasteiger partial charge in [-0.25, -0.2) is 12.8 Å². The summed E-state index contributed by atoms with van der Waals surface area (Å²) in [7, 11) is -4.98. The molecule has 11 heteroatoms. The Hall–Kier alpha value is -2.82. The molecule has 140 valence electrons. The minimum atomic E-state index is -4.98. The van der Waals surface area contributed by atoms with Crippen molar-refractivity contribution in [1.29, 1.82) is 0 Å². The highest BCUT2D eigenvalue weighted by molar-refractivity contribution is 7.91. The first-order valence-electron chi connectivity index (χ1n) is 7.16. The molecule has 2 aromatic carbocycles. The summed E-state index contributed by atoms with van der Waals surface area (Å²) >= 11 is 0. The molecule has 0 saturated carbocycles. The molecule has 7 nitrogen and oxygen atoms in total. The Labute approximate surface area is 146 Å². The van der Waals surface area contributed by atoms with E-state index in [9.17, 15) is 31.7 Å². The molecule has 26 heavy (non-hydrogen) atoms. The Bertz CT molecular complexity index is 935. The number of alkyl halides is 2. The quantitative estimate of drug-likeness (QED) is 0.569. The standard InChI is InChI=1S/C15H13F3N2O5S/c1-2-25-14-6-3-9(7-11(14)16)19-12-5-4-10(8-13(12)20(21)22)26(23,24)15(17)18/h3-8,15,19H,2H2,1H3. The van der Waals surface area contributed by atoms with Crippen LogP contribution in [0.15, 0.2) is 41.3 Å². The number of sulfone groups is 1. The van der Waals surface area contributed by atoms with E-state index in [4.69, 9.17) is 4.74 Å². The molecule has 0 aromatic heterocycles. The van der Waals surface area contributed by atoms with Crippen LogP contribution >= 0.6 is 0 Å². The van der Waals surface area contributed by atoms with Crippen LogP contribution in [0.1, 0.15) is 6.92 Å². The Balaban J connectivity index is 2.41. The molecule has 0 unspecified atom stereocenters. The van der Waals surface area contributed by atoms with Crippen molar-refractivity contribution in [3.05, 3.63) is 52.3 Å². The smallest absolute Gasteiger partial charge is 0.341 e. The fraction of sp³-hybridized carbons (Fsp3) is 0.200. The topological polar surface area (TPSA) is 98.5 Å². The third-order valence-electron chi connectivity index (χ3n) is 3.24. The number of benzene rings is 2. The van der Waals surface area contributed by atoms with E-state index in [1.807, 2.05) is 0 Å². The molecule has 0 aliphatic heterocycles. The zero-order chi connectivity index (χ0) is 19.5. The molecule has 2 aromatic rings. The number of anilines is 2. The second-order valence-electron chi connectivity index (χ2n) is 4.94. The van der Waals surface area contributed by atoms with Crippen molar-refractivity contribution in [2.75, 3.05) is 11.9 Å². The van der Waals surface area contributed by atoms with Gasteiger partial charge in [0, 0.05) is 17.8 Å². The van der Waals surface area contributed by atoms with E-state index in [1.165, 1.54) is 12.1 Å². The molecule has 0 amide bonds. The largest absolute Gasteiger partial charge is 0.491 e. The molecule has 0 saturated heterocycles. The molecule has 0 bridgehead atoms. The van der Waals surface area contributed by atoms with Crippen LogP contribution in [0.3, 0.4) is 0 Å². The number of nitro benzene ring substituents is 1. The predicted molar refractivity (Wildman–Crippen MR) is 87.1 cm³/mol. The number of ether oxygens (including phenoxy) is 1. The lowest BCUT2D eigenvalue weighted by molar-refractivity contribution is -0.384. The number of hydrogen-bond acceptors (Lipinski definition) is 6. The summed E-state index contributed by atoms with van der Waals surface area (Å²) in [5, 5.41) is 13.7. The Morgan fingerprint density at radius 1 is 1.23 bits per heavy atom. The summed E-state index contributed by atoms with van der Waals surface area (Å²) in [4.78, 5) is 9.34. The van der Waals surface area contributed by atoms with Crippen molar-refractivity contribution < 1.29 is 31.2 Å². The van der Waals surface area contributed by atoms with Crippen LogP contribution in [-0.4, -0.2) is 25.7 Å². The van der Waals surface area contributed by atoms with Crippen LogP contribution < -0.4 is 10.1 Å². The summed E-state index contributed by atoms with van der Waals surface area (Å²) in [6.07, 6.45) is 0. The van der Waals surface area contributed by atoms with Gasteiger partial charge in [0.15, 0.2) is 11.6 Å². The summed E-state index contributed by atoms with van der Waals surface area (Å²) in [6, 6.07) is 6.01. The molecule has 1 N–H and O–H groups in total. The van der Waals surface area contributed by atoms with E-state index in [-0.39, 0.29) is 23.7 Å². The van der Waals surface area contributed by atoms with Crippen LogP contribution in [-0.2, 0) is 9.84 Å². The SMILES string of the molecule is CCOc1ccc(Nc2ccc(S(=O)(=O)C(F)F)cc2[N+](=O)[O-])cc1F. The molecule has 0 atom stereocenters. The second kappa shape index (κ2) is 7.60. The maximum Gasteiger partial charge on any atom is 0.341 e. The minimum Gasteiger partial charge on any atom is -0.491 e. The first-order chi connectivity index (χ1) is 12.2. The van der Waals surface area contributed by atoms with Crippen molar-refractivity contribution in [3.63, 3.8) is 0 Å². The second-order valence-corrected chi connectivity index (χ2v) is 6.86. The van der Waals surface area contributed by atoms with Crippen molar-refractivity contribution in [2.45, 2.75) is 17.6 Å². The zero-order valence-electron chi connectivity index (χ0n) is 13.3.